The first-order valence-corrected chi connectivity index (χ1v) is 7.96. The fraction of sp³-hybridized carbons (Fsp3) is 0.421. The van der Waals surface area contributed by atoms with Crippen LogP contribution >= 0.6 is 0 Å². The first kappa shape index (κ1) is 14.1. The molecule has 2 nitrogen and oxygen atoms in total. The molecule has 21 heavy (non-hydrogen) atoms. The Balaban J connectivity index is 1.91. The van der Waals surface area contributed by atoms with Gasteiger partial charge in [0.25, 0.3) is 0 Å². The topological polar surface area (TPSA) is 24.4 Å². The van der Waals surface area contributed by atoms with Crippen LogP contribution in [0.3, 0.4) is 0 Å². The van der Waals surface area contributed by atoms with Crippen molar-refractivity contribution >= 4 is 6.21 Å². The smallest absolute Gasteiger partial charge is 0.0639 e. The van der Waals surface area contributed by atoms with E-state index in [2.05, 4.69) is 54.5 Å². The van der Waals surface area contributed by atoms with Crippen LogP contribution in [0.15, 0.2) is 64.4 Å². The molecule has 0 aromatic rings. The molecule has 2 unspecified atom stereocenters. The average molecular weight is 280 g/mol. The molecule has 0 radical (unpaired) electrons. The summed E-state index contributed by atoms with van der Waals surface area (Å²) >= 11 is 0. The van der Waals surface area contributed by atoms with Crippen molar-refractivity contribution in [3.8, 4) is 0 Å². The first-order chi connectivity index (χ1) is 10.3. The first-order valence-electron chi connectivity index (χ1n) is 7.96. The second kappa shape index (κ2) is 6.30. The molecule has 0 saturated heterocycles. The van der Waals surface area contributed by atoms with Gasteiger partial charge in [0.2, 0.25) is 0 Å². The summed E-state index contributed by atoms with van der Waals surface area (Å²) in [5.41, 5.74) is 4.41. The lowest BCUT2D eigenvalue weighted by Gasteiger charge is -2.41. The lowest BCUT2D eigenvalue weighted by Crippen LogP contribution is -2.44. The van der Waals surface area contributed by atoms with Crippen LogP contribution < -0.4 is 5.32 Å². The van der Waals surface area contributed by atoms with Gasteiger partial charge in [0.15, 0.2) is 0 Å². The van der Waals surface area contributed by atoms with Gasteiger partial charge in [-0.05, 0) is 54.7 Å². The zero-order valence-corrected chi connectivity index (χ0v) is 12.9. The molecule has 0 spiro atoms. The van der Waals surface area contributed by atoms with Crippen LogP contribution in [0, 0.1) is 11.8 Å². The normalized spacial score (nSPS) is 32.4. The minimum Gasteiger partial charge on any atom is -0.383 e. The third-order valence-corrected chi connectivity index (χ3v) is 4.57. The summed E-state index contributed by atoms with van der Waals surface area (Å²) in [7, 11) is 0. The molecule has 3 aliphatic rings. The summed E-state index contributed by atoms with van der Waals surface area (Å²) in [5, 5.41) is 3.57. The summed E-state index contributed by atoms with van der Waals surface area (Å²) in [4.78, 5) is 4.49. The molecule has 0 bridgehead atoms. The summed E-state index contributed by atoms with van der Waals surface area (Å²) in [6, 6.07) is 0.423. The van der Waals surface area contributed by atoms with E-state index in [-0.39, 0.29) is 0 Å². The summed E-state index contributed by atoms with van der Waals surface area (Å²) in [6.45, 7) is 5.18. The Morgan fingerprint density at radius 2 is 2.19 bits per heavy atom. The van der Waals surface area contributed by atoms with Crippen molar-refractivity contribution in [3.05, 3.63) is 59.4 Å². The molecule has 0 aromatic heterocycles. The monoisotopic (exact) mass is 280 g/mol. The van der Waals surface area contributed by atoms with E-state index in [1.54, 1.807) is 0 Å². The maximum atomic E-state index is 4.49. The van der Waals surface area contributed by atoms with Gasteiger partial charge in [-0.1, -0.05) is 37.3 Å². The standard InChI is InChI=1S/C19H24N2/c1-3-7-14(2)17-12-18-16-9-5-4-8-15(16)13-20-10-6-11-21-19(17)18/h3,6-12,14,18-19,21H,4-5,13H2,1-2H3/b7-3-,11-6-,20-10-/t14-,18?,19?/m1/s1. The number of hydrogen-bond donors (Lipinski definition) is 1. The van der Waals surface area contributed by atoms with Gasteiger partial charge in [-0.3, -0.25) is 4.99 Å². The molecule has 1 heterocycles. The van der Waals surface area contributed by atoms with Gasteiger partial charge in [0, 0.05) is 12.1 Å². The number of aliphatic imine (C=N–C) groups is 1. The van der Waals surface area contributed by atoms with Crippen LogP contribution in [0.2, 0.25) is 0 Å². The van der Waals surface area contributed by atoms with Crippen molar-refractivity contribution in [3.63, 3.8) is 0 Å². The van der Waals surface area contributed by atoms with E-state index in [0.29, 0.717) is 17.9 Å². The molecule has 0 saturated carbocycles. The van der Waals surface area contributed by atoms with Gasteiger partial charge in [-0.2, -0.15) is 0 Å². The van der Waals surface area contributed by atoms with E-state index in [4.69, 9.17) is 0 Å². The minimum atomic E-state index is 0.423. The Hall–Kier alpha value is -1.83. The average Bonchev–Trinajstić information content (AvgIpc) is 2.46. The van der Waals surface area contributed by atoms with Crippen LogP contribution in [0.1, 0.15) is 26.7 Å². The molecule has 110 valence electrons. The third-order valence-electron chi connectivity index (χ3n) is 4.57. The van der Waals surface area contributed by atoms with E-state index in [9.17, 15) is 0 Å². The quantitative estimate of drug-likeness (QED) is 0.761. The van der Waals surface area contributed by atoms with Crippen molar-refractivity contribution in [2.75, 3.05) is 6.54 Å². The van der Waals surface area contributed by atoms with E-state index in [1.165, 1.54) is 16.7 Å². The molecule has 1 N–H and O–H groups in total. The van der Waals surface area contributed by atoms with Crippen LogP contribution in [0.25, 0.3) is 0 Å². The van der Waals surface area contributed by atoms with E-state index in [0.717, 1.165) is 19.4 Å². The van der Waals surface area contributed by atoms with Crippen LogP contribution in [-0.4, -0.2) is 18.8 Å². The number of fused-ring (bicyclic) bond motifs is 3. The number of allylic oxidation sites excluding steroid dienone is 5. The Morgan fingerprint density at radius 3 is 3.05 bits per heavy atom. The number of rotatable bonds is 2. The van der Waals surface area contributed by atoms with E-state index < -0.39 is 0 Å². The van der Waals surface area contributed by atoms with Crippen LogP contribution in [-0.2, 0) is 0 Å². The zero-order chi connectivity index (χ0) is 14.7. The second-order valence-corrected chi connectivity index (χ2v) is 5.97. The van der Waals surface area contributed by atoms with Crippen molar-refractivity contribution in [2.45, 2.75) is 32.7 Å². The highest BCUT2D eigenvalue weighted by Crippen LogP contribution is 2.41. The highest BCUT2D eigenvalue weighted by atomic mass is 14.9. The predicted octanol–water partition coefficient (Wildman–Crippen LogP) is 3.96. The third kappa shape index (κ3) is 2.80. The Bertz CT molecular complexity index is 572. The van der Waals surface area contributed by atoms with Gasteiger partial charge in [0.05, 0.1) is 12.6 Å². The summed E-state index contributed by atoms with van der Waals surface area (Å²) in [5.74, 6) is 1.00. The van der Waals surface area contributed by atoms with Gasteiger partial charge < -0.3 is 5.32 Å². The Kier molecular flexibility index (Phi) is 4.23. The Morgan fingerprint density at radius 1 is 1.33 bits per heavy atom. The number of hydrogen-bond acceptors (Lipinski definition) is 2. The van der Waals surface area contributed by atoms with Crippen molar-refractivity contribution in [1.82, 2.24) is 5.32 Å². The molecule has 2 heteroatoms. The van der Waals surface area contributed by atoms with Crippen molar-refractivity contribution < 1.29 is 0 Å². The molecule has 0 fully saturated rings. The van der Waals surface area contributed by atoms with Crippen LogP contribution in [0.4, 0.5) is 0 Å². The van der Waals surface area contributed by atoms with Gasteiger partial charge in [0.1, 0.15) is 0 Å². The molecule has 0 aromatic carbocycles. The highest BCUT2D eigenvalue weighted by molar-refractivity contribution is 5.71. The number of nitrogens with zero attached hydrogens (tertiary/aromatic N) is 1. The van der Waals surface area contributed by atoms with E-state index in [1.807, 2.05) is 18.5 Å². The molecule has 1 aliphatic heterocycles. The van der Waals surface area contributed by atoms with E-state index >= 15 is 0 Å². The Labute approximate surface area is 127 Å². The molecular formula is C19H24N2. The van der Waals surface area contributed by atoms with Crippen LogP contribution in [0.5, 0.6) is 0 Å². The maximum Gasteiger partial charge on any atom is 0.0639 e. The molecule has 2 aliphatic carbocycles. The largest absolute Gasteiger partial charge is 0.383 e. The summed E-state index contributed by atoms with van der Waals surface area (Å²) in [6.07, 6.45) is 19.9. The van der Waals surface area contributed by atoms with Gasteiger partial charge in [-0.15, -0.1) is 0 Å². The maximum absolute atomic E-state index is 4.49. The van der Waals surface area contributed by atoms with Gasteiger partial charge in [-0.25, -0.2) is 0 Å². The van der Waals surface area contributed by atoms with Crippen molar-refractivity contribution in [2.24, 2.45) is 16.8 Å². The highest BCUT2D eigenvalue weighted by Gasteiger charge is 2.37. The summed E-state index contributed by atoms with van der Waals surface area (Å²) < 4.78 is 0. The molecule has 3 atom stereocenters. The second-order valence-electron chi connectivity index (χ2n) is 5.97. The SMILES string of the molecule is C/C=C\[C@@H](C)C1=CC2C3=CCCC=C3C/N=C\C=C/NC12. The fourth-order valence-electron chi connectivity index (χ4n) is 3.47. The molecule has 3 rings (SSSR count). The lowest BCUT2D eigenvalue weighted by molar-refractivity contribution is 0.462. The predicted molar refractivity (Wildman–Crippen MR) is 90.4 cm³/mol. The molecule has 0 amide bonds. The lowest BCUT2D eigenvalue weighted by atomic mass is 9.69. The zero-order valence-electron chi connectivity index (χ0n) is 12.9. The van der Waals surface area contributed by atoms with Crippen molar-refractivity contribution in [1.29, 1.82) is 0 Å². The fourth-order valence-corrected chi connectivity index (χ4v) is 3.47. The van der Waals surface area contributed by atoms with Gasteiger partial charge >= 0.3 is 0 Å². The minimum absolute atomic E-state index is 0.423. The number of nitrogens with one attached hydrogen (secondary N) is 1. The molecular weight excluding hydrogens is 256 g/mol.